The Bertz CT molecular complexity index is 549. The first-order chi connectivity index (χ1) is 8.81. The maximum Gasteiger partial charge on any atom is 0.178 e. The Kier molecular flexibility index (Phi) is 3.02. The van der Waals surface area contributed by atoms with Gasteiger partial charge in [-0.25, -0.2) is 9.97 Å². The van der Waals surface area contributed by atoms with Crippen molar-refractivity contribution < 1.29 is 0 Å². The number of aromatic nitrogens is 3. The highest BCUT2D eigenvalue weighted by Crippen LogP contribution is 2.19. The molecule has 0 saturated heterocycles. The third kappa shape index (κ3) is 2.71. The number of aryl methyl sites for hydroxylation is 1. The molecule has 2 aromatic heterocycles. The van der Waals surface area contributed by atoms with Gasteiger partial charge in [0, 0.05) is 25.0 Å². The highest BCUT2D eigenvalue weighted by atomic mass is 15.0. The van der Waals surface area contributed by atoms with Crippen LogP contribution in [0, 0.1) is 6.92 Å². The van der Waals surface area contributed by atoms with Gasteiger partial charge in [0.05, 0.1) is 5.69 Å². The molecule has 92 valence electrons. The zero-order chi connectivity index (χ0) is 12.4. The zero-order valence-electron chi connectivity index (χ0n) is 10.4. The summed E-state index contributed by atoms with van der Waals surface area (Å²) in [5, 5.41) is 3.45. The van der Waals surface area contributed by atoms with E-state index in [0.29, 0.717) is 11.9 Å². The van der Waals surface area contributed by atoms with E-state index in [-0.39, 0.29) is 0 Å². The van der Waals surface area contributed by atoms with Gasteiger partial charge in [-0.15, -0.1) is 0 Å². The first-order valence-corrected chi connectivity index (χ1v) is 6.29. The van der Waals surface area contributed by atoms with Crippen LogP contribution in [0.3, 0.4) is 0 Å². The second kappa shape index (κ2) is 4.82. The molecule has 4 heteroatoms. The van der Waals surface area contributed by atoms with E-state index in [4.69, 9.17) is 0 Å². The van der Waals surface area contributed by atoms with Crippen LogP contribution in [0.2, 0.25) is 0 Å². The molecule has 1 N–H and O–H groups in total. The van der Waals surface area contributed by atoms with E-state index in [2.05, 4.69) is 20.3 Å². The molecule has 2 aromatic rings. The van der Waals surface area contributed by atoms with E-state index in [0.717, 1.165) is 17.9 Å². The second-order valence-electron chi connectivity index (χ2n) is 4.75. The molecule has 0 spiro atoms. The van der Waals surface area contributed by atoms with Crippen LogP contribution in [-0.4, -0.2) is 21.0 Å². The predicted molar refractivity (Wildman–Crippen MR) is 69.9 cm³/mol. The number of hydrogen-bond donors (Lipinski definition) is 1. The van der Waals surface area contributed by atoms with Crippen LogP contribution in [-0.2, 0) is 6.54 Å². The molecule has 0 radical (unpaired) electrons. The first-order valence-electron chi connectivity index (χ1n) is 6.29. The van der Waals surface area contributed by atoms with Gasteiger partial charge in [-0.2, -0.15) is 0 Å². The third-order valence-corrected chi connectivity index (χ3v) is 3.01. The summed E-state index contributed by atoms with van der Waals surface area (Å²) in [6.45, 7) is 2.86. The van der Waals surface area contributed by atoms with Crippen molar-refractivity contribution in [1.29, 1.82) is 0 Å². The topological polar surface area (TPSA) is 50.7 Å². The van der Waals surface area contributed by atoms with Gasteiger partial charge in [-0.05, 0) is 43.5 Å². The minimum absolute atomic E-state index is 0.695. The summed E-state index contributed by atoms with van der Waals surface area (Å²) in [6.07, 6.45) is 6.17. The van der Waals surface area contributed by atoms with Crippen LogP contribution in [0.25, 0.3) is 11.5 Å². The van der Waals surface area contributed by atoms with Crippen molar-refractivity contribution in [3.63, 3.8) is 0 Å². The first kappa shape index (κ1) is 11.3. The van der Waals surface area contributed by atoms with Gasteiger partial charge >= 0.3 is 0 Å². The largest absolute Gasteiger partial charge is 0.308 e. The van der Waals surface area contributed by atoms with Crippen LogP contribution in [0.1, 0.15) is 24.1 Å². The molecule has 4 nitrogen and oxygen atoms in total. The van der Waals surface area contributed by atoms with Gasteiger partial charge in [-0.1, -0.05) is 0 Å². The van der Waals surface area contributed by atoms with Crippen molar-refractivity contribution in [2.45, 2.75) is 32.4 Å². The molecule has 3 rings (SSSR count). The molecule has 0 amide bonds. The normalized spacial score (nSPS) is 14.7. The minimum atomic E-state index is 0.695. The summed E-state index contributed by atoms with van der Waals surface area (Å²) in [5.41, 5.74) is 3.03. The molecule has 1 saturated carbocycles. The van der Waals surface area contributed by atoms with Crippen molar-refractivity contribution in [2.24, 2.45) is 0 Å². The minimum Gasteiger partial charge on any atom is -0.308 e. The van der Waals surface area contributed by atoms with Gasteiger partial charge in [0.25, 0.3) is 0 Å². The monoisotopic (exact) mass is 240 g/mol. The third-order valence-electron chi connectivity index (χ3n) is 3.01. The molecule has 1 fully saturated rings. The second-order valence-corrected chi connectivity index (χ2v) is 4.75. The molecule has 0 bridgehead atoms. The molecule has 2 heterocycles. The average molecular weight is 240 g/mol. The van der Waals surface area contributed by atoms with Gasteiger partial charge in [0.15, 0.2) is 5.82 Å². The predicted octanol–water partition coefficient (Wildman–Crippen LogP) is 2.10. The molecule has 0 aromatic carbocycles. The summed E-state index contributed by atoms with van der Waals surface area (Å²) in [7, 11) is 0. The Morgan fingerprint density at radius 1 is 1.22 bits per heavy atom. The quantitative estimate of drug-likeness (QED) is 0.889. The summed E-state index contributed by atoms with van der Waals surface area (Å²) < 4.78 is 0. The summed E-state index contributed by atoms with van der Waals surface area (Å²) in [5.74, 6) is 0.703. The van der Waals surface area contributed by atoms with E-state index >= 15 is 0 Å². The molecule has 1 aliphatic carbocycles. The van der Waals surface area contributed by atoms with E-state index < -0.39 is 0 Å². The van der Waals surface area contributed by atoms with Gasteiger partial charge < -0.3 is 5.32 Å². The average Bonchev–Trinajstić information content (AvgIpc) is 3.21. The highest BCUT2D eigenvalue weighted by molar-refractivity contribution is 5.49. The maximum atomic E-state index is 4.55. The smallest absolute Gasteiger partial charge is 0.178 e. The van der Waals surface area contributed by atoms with Crippen LogP contribution in [0.15, 0.2) is 30.6 Å². The van der Waals surface area contributed by atoms with E-state index in [9.17, 15) is 0 Å². The lowest BCUT2D eigenvalue weighted by Crippen LogP contribution is -2.16. The van der Waals surface area contributed by atoms with Crippen LogP contribution in [0.4, 0.5) is 0 Å². The fourth-order valence-corrected chi connectivity index (χ4v) is 1.81. The van der Waals surface area contributed by atoms with Crippen molar-refractivity contribution in [3.05, 3.63) is 41.9 Å². The Labute approximate surface area is 107 Å². The molecule has 0 unspecified atom stereocenters. The zero-order valence-corrected chi connectivity index (χ0v) is 10.4. The number of hydrogen-bond acceptors (Lipinski definition) is 4. The Hall–Kier alpha value is -1.81. The van der Waals surface area contributed by atoms with Crippen LogP contribution >= 0.6 is 0 Å². The fourth-order valence-electron chi connectivity index (χ4n) is 1.81. The highest BCUT2D eigenvalue weighted by Gasteiger charge is 2.20. The Morgan fingerprint density at radius 2 is 2.06 bits per heavy atom. The molecule has 0 atom stereocenters. The standard InChI is InChI=1S/C14H16N4/c1-10-4-6-15-13(8-10)14-16-7-5-12(18-14)9-17-11-2-3-11/h4-8,11,17H,2-3,9H2,1H3. The van der Waals surface area contributed by atoms with Crippen molar-refractivity contribution in [1.82, 2.24) is 20.3 Å². The maximum absolute atomic E-state index is 4.55. The molecule has 18 heavy (non-hydrogen) atoms. The van der Waals surface area contributed by atoms with E-state index in [1.165, 1.54) is 18.4 Å². The van der Waals surface area contributed by atoms with E-state index in [1.54, 1.807) is 12.4 Å². The van der Waals surface area contributed by atoms with Crippen molar-refractivity contribution >= 4 is 0 Å². The molecular weight excluding hydrogens is 224 g/mol. The van der Waals surface area contributed by atoms with Crippen LogP contribution < -0.4 is 5.32 Å². The van der Waals surface area contributed by atoms with E-state index in [1.807, 2.05) is 25.1 Å². The Balaban J connectivity index is 1.80. The van der Waals surface area contributed by atoms with Gasteiger partial charge in [0.1, 0.15) is 5.69 Å². The summed E-state index contributed by atoms with van der Waals surface area (Å²) in [6, 6.07) is 6.63. The lowest BCUT2D eigenvalue weighted by molar-refractivity contribution is 0.673. The van der Waals surface area contributed by atoms with Crippen LogP contribution in [0.5, 0.6) is 0 Å². The van der Waals surface area contributed by atoms with Crippen molar-refractivity contribution in [2.75, 3.05) is 0 Å². The molecular formula is C14H16N4. The lowest BCUT2D eigenvalue weighted by Gasteiger charge is -2.04. The van der Waals surface area contributed by atoms with Crippen molar-refractivity contribution in [3.8, 4) is 11.5 Å². The number of nitrogens with zero attached hydrogens (tertiary/aromatic N) is 3. The number of pyridine rings is 1. The fraction of sp³-hybridized carbons (Fsp3) is 0.357. The Morgan fingerprint density at radius 3 is 2.83 bits per heavy atom. The lowest BCUT2D eigenvalue weighted by atomic mass is 10.2. The van der Waals surface area contributed by atoms with Gasteiger partial charge in [0.2, 0.25) is 0 Å². The SMILES string of the molecule is Cc1ccnc(-c2nccc(CNC3CC3)n2)c1. The summed E-state index contributed by atoms with van der Waals surface area (Å²) in [4.78, 5) is 13.2. The molecule has 1 aliphatic rings. The number of rotatable bonds is 4. The number of nitrogens with one attached hydrogen (secondary N) is 1. The van der Waals surface area contributed by atoms with Gasteiger partial charge in [-0.3, -0.25) is 4.98 Å². The summed E-state index contributed by atoms with van der Waals surface area (Å²) >= 11 is 0. The molecule has 0 aliphatic heterocycles.